The van der Waals surface area contributed by atoms with E-state index in [9.17, 15) is 14.3 Å². The van der Waals surface area contributed by atoms with Crippen LogP contribution in [0.3, 0.4) is 0 Å². The molecular formula is C19H16FN3O2. The molecule has 25 heavy (non-hydrogen) atoms. The second-order valence-corrected chi connectivity index (χ2v) is 6.34. The third-order valence-corrected chi connectivity index (χ3v) is 4.38. The Hall–Kier alpha value is -3.15. The number of benzene rings is 2. The number of carbonyl (C=O) groups is 1. The summed E-state index contributed by atoms with van der Waals surface area (Å²) in [5.41, 5.74) is 3.42. The molecule has 2 aromatic heterocycles. The van der Waals surface area contributed by atoms with Gasteiger partial charge in [-0.2, -0.15) is 9.78 Å². The average Bonchev–Trinajstić information content (AvgIpc) is 3.14. The Balaban J connectivity index is 2.06. The molecule has 0 aliphatic rings. The minimum Gasteiger partial charge on any atom is -0.463 e. The number of fused-ring (bicyclic) bond motifs is 2. The summed E-state index contributed by atoms with van der Waals surface area (Å²) in [7, 11) is 0. The number of hydrogen-bond acceptors (Lipinski definition) is 2. The maximum atomic E-state index is 13.3. The Bertz CT molecular complexity index is 1110. The molecule has 0 saturated carbocycles. The van der Waals surface area contributed by atoms with Crippen LogP contribution in [0, 0.1) is 5.82 Å². The van der Waals surface area contributed by atoms with E-state index in [1.807, 2.05) is 18.2 Å². The van der Waals surface area contributed by atoms with Gasteiger partial charge in [0.1, 0.15) is 5.82 Å². The van der Waals surface area contributed by atoms with Crippen LogP contribution in [0.4, 0.5) is 9.18 Å². The Morgan fingerprint density at radius 3 is 2.40 bits per heavy atom. The molecule has 0 atom stereocenters. The van der Waals surface area contributed by atoms with Crippen LogP contribution in [0.15, 0.2) is 48.7 Å². The minimum atomic E-state index is -1.11. The molecule has 1 N–H and O–H groups in total. The molecule has 0 unspecified atom stereocenters. The largest absolute Gasteiger partial charge is 0.463 e. The summed E-state index contributed by atoms with van der Waals surface area (Å²) in [4.78, 5) is 11.3. The minimum absolute atomic E-state index is 0.247. The van der Waals surface area contributed by atoms with Crippen molar-refractivity contribution in [3.63, 3.8) is 0 Å². The van der Waals surface area contributed by atoms with Crippen molar-refractivity contribution in [2.24, 2.45) is 0 Å². The summed E-state index contributed by atoms with van der Waals surface area (Å²) >= 11 is 0. The van der Waals surface area contributed by atoms with Gasteiger partial charge in [0.15, 0.2) is 0 Å². The lowest BCUT2D eigenvalue weighted by molar-refractivity contribution is 0.194. The molecule has 0 aliphatic heterocycles. The standard InChI is InChI=1S/C19H16FN3O2/c1-11(2)16-7-12-8-18-13(10-21-23(18)19(24)25)9-17(12)22(16)15-5-3-14(20)4-6-15/h3-11H,1-2H3,(H,24,25). The van der Waals surface area contributed by atoms with Gasteiger partial charge < -0.3 is 9.67 Å². The predicted molar refractivity (Wildman–Crippen MR) is 94.0 cm³/mol. The molecule has 0 bridgehead atoms. The topological polar surface area (TPSA) is 60.1 Å². The van der Waals surface area contributed by atoms with Crippen LogP contribution >= 0.6 is 0 Å². The predicted octanol–water partition coefficient (Wildman–Crippen LogP) is 4.77. The Morgan fingerprint density at radius 1 is 1.08 bits per heavy atom. The molecule has 4 rings (SSSR count). The van der Waals surface area contributed by atoms with Gasteiger partial charge in [-0.3, -0.25) is 0 Å². The molecule has 2 heterocycles. The fraction of sp³-hybridized carbons (Fsp3) is 0.158. The summed E-state index contributed by atoms with van der Waals surface area (Å²) < 4.78 is 16.4. The normalized spacial score (nSPS) is 11.7. The van der Waals surface area contributed by atoms with Gasteiger partial charge in [-0.25, -0.2) is 9.18 Å². The Morgan fingerprint density at radius 2 is 1.76 bits per heavy atom. The van der Waals surface area contributed by atoms with Crippen molar-refractivity contribution in [1.82, 2.24) is 14.3 Å². The zero-order valence-electron chi connectivity index (χ0n) is 13.8. The van der Waals surface area contributed by atoms with E-state index in [1.165, 1.54) is 12.1 Å². The third kappa shape index (κ3) is 2.38. The highest BCUT2D eigenvalue weighted by molar-refractivity contribution is 5.99. The van der Waals surface area contributed by atoms with Crippen LogP contribution in [-0.4, -0.2) is 25.5 Å². The van der Waals surface area contributed by atoms with Crippen molar-refractivity contribution in [1.29, 1.82) is 0 Å². The summed E-state index contributed by atoms with van der Waals surface area (Å²) in [6.45, 7) is 4.18. The lowest BCUT2D eigenvalue weighted by Crippen LogP contribution is -2.08. The van der Waals surface area contributed by atoms with E-state index in [4.69, 9.17) is 0 Å². The van der Waals surface area contributed by atoms with Crippen molar-refractivity contribution in [2.45, 2.75) is 19.8 Å². The highest BCUT2D eigenvalue weighted by Crippen LogP contribution is 2.32. The number of halogens is 1. The van der Waals surface area contributed by atoms with E-state index in [1.54, 1.807) is 18.3 Å². The van der Waals surface area contributed by atoms with Gasteiger partial charge in [0.05, 0.1) is 17.2 Å². The summed E-state index contributed by atoms with van der Waals surface area (Å²) in [6, 6.07) is 12.2. The Labute approximate surface area is 142 Å². The van der Waals surface area contributed by atoms with Gasteiger partial charge in [0.25, 0.3) is 0 Å². The second-order valence-electron chi connectivity index (χ2n) is 6.34. The molecule has 0 spiro atoms. The molecule has 2 aromatic carbocycles. The van der Waals surface area contributed by atoms with E-state index in [0.29, 0.717) is 5.52 Å². The van der Waals surface area contributed by atoms with E-state index in [2.05, 4.69) is 23.5 Å². The van der Waals surface area contributed by atoms with E-state index in [-0.39, 0.29) is 11.7 Å². The summed E-state index contributed by atoms with van der Waals surface area (Å²) in [6.07, 6.45) is 0.427. The number of hydrogen-bond donors (Lipinski definition) is 1. The van der Waals surface area contributed by atoms with Crippen LogP contribution in [0.2, 0.25) is 0 Å². The molecular weight excluding hydrogens is 321 g/mol. The zero-order chi connectivity index (χ0) is 17.7. The zero-order valence-corrected chi connectivity index (χ0v) is 13.8. The van der Waals surface area contributed by atoms with Gasteiger partial charge in [0.2, 0.25) is 0 Å². The maximum absolute atomic E-state index is 13.3. The second kappa shape index (κ2) is 5.44. The van der Waals surface area contributed by atoms with Crippen molar-refractivity contribution in [3.05, 3.63) is 60.2 Å². The fourth-order valence-electron chi connectivity index (χ4n) is 3.21. The van der Waals surface area contributed by atoms with E-state index < -0.39 is 6.09 Å². The summed E-state index contributed by atoms with van der Waals surface area (Å²) in [5, 5.41) is 14.8. The first-order chi connectivity index (χ1) is 12.0. The van der Waals surface area contributed by atoms with Crippen molar-refractivity contribution in [3.8, 4) is 5.69 Å². The van der Waals surface area contributed by atoms with Crippen molar-refractivity contribution < 1.29 is 14.3 Å². The first kappa shape index (κ1) is 15.4. The molecule has 0 aliphatic carbocycles. The molecule has 0 saturated heterocycles. The number of rotatable bonds is 2. The molecule has 0 amide bonds. The van der Waals surface area contributed by atoms with E-state index >= 15 is 0 Å². The van der Waals surface area contributed by atoms with Gasteiger partial charge >= 0.3 is 6.09 Å². The SMILES string of the molecule is CC(C)c1cc2cc3c(cnn3C(=O)O)cc2n1-c1ccc(F)cc1. The van der Waals surface area contributed by atoms with Gasteiger partial charge in [0, 0.05) is 22.2 Å². The van der Waals surface area contributed by atoms with Crippen molar-refractivity contribution >= 4 is 27.9 Å². The van der Waals surface area contributed by atoms with Crippen LogP contribution in [0.5, 0.6) is 0 Å². The third-order valence-electron chi connectivity index (χ3n) is 4.38. The first-order valence-corrected chi connectivity index (χ1v) is 7.98. The fourth-order valence-corrected chi connectivity index (χ4v) is 3.21. The highest BCUT2D eigenvalue weighted by atomic mass is 19.1. The van der Waals surface area contributed by atoms with Gasteiger partial charge in [-0.15, -0.1) is 0 Å². The average molecular weight is 337 g/mol. The molecule has 0 fully saturated rings. The quantitative estimate of drug-likeness (QED) is 0.573. The highest BCUT2D eigenvalue weighted by Gasteiger charge is 2.17. The molecule has 126 valence electrons. The monoisotopic (exact) mass is 337 g/mol. The molecule has 4 aromatic rings. The van der Waals surface area contributed by atoms with Gasteiger partial charge in [-0.1, -0.05) is 13.8 Å². The molecule has 5 nitrogen and oxygen atoms in total. The lowest BCUT2D eigenvalue weighted by Gasteiger charge is -2.13. The molecule has 0 radical (unpaired) electrons. The van der Waals surface area contributed by atoms with Crippen LogP contribution in [0.25, 0.3) is 27.5 Å². The number of carboxylic acid groups (broad SMARTS) is 1. The first-order valence-electron chi connectivity index (χ1n) is 7.98. The maximum Gasteiger partial charge on any atom is 0.432 e. The van der Waals surface area contributed by atoms with E-state index in [0.717, 1.165) is 32.4 Å². The molecule has 6 heteroatoms. The van der Waals surface area contributed by atoms with Gasteiger partial charge in [-0.05, 0) is 48.4 Å². The van der Waals surface area contributed by atoms with Crippen LogP contribution in [0.1, 0.15) is 25.5 Å². The summed E-state index contributed by atoms with van der Waals surface area (Å²) in [5.74, 6) is -0.0343. The van der Waals surface area contributed by atoms with Crippen molar-refractivity contribution in [2.75, 3.05) is 0 Å². The number of nitrogens with zero attached hydrogens (tertiary/aromatic N) is 3. The number of aromatic nitrogens is 3. The smallest absolute Gasteiger partial charge is 0.432 e. The van der Waals surface area contributed by atoms with Crippen LogP contribution < -0.4 is 0 Å². The Kier molecular flexibility index (Phi) is 3.35. The lowest BCUT2D eigenvalue weighted by atomic mass is 10.1. The van der Waals surface area contributed by atoms with Crippen LogP contribution in [-0.2, 0) is 0 Å².